The maximum atomic E-state index is 10.9. The Balaban J connectivity index is 2.42. The van der Waals surface area contributed by atoms with E-state index in [-0.39, 0.29) is 18.0 Å². The SMILES string of the molecule is CCC(=O)O[C@H]1CCC[C@H]1C#N. The Morgan fingerprint density at radius 3 is 3.00 bits per heavy atom. The smallest absolute Gasteiger partial charge is 0.305 e. The zero-order valence-electron chi connectivity index (χ0n) is 7.25. The van der Waals surface area contributed by atoms with Gasteiger partial charge in [-0.3, -0.25) is 4.79 Å². The van der Waals surface area contributed by atoms with E-state index in [0.29, 0.717) is 6.42 Å². The van der Waals surface area contributed by atoms with Crippen molar-refractivity contribution in [3.63, 3.8) is 0 Å². The molecule has 0 aromatic carbocycles. The highest BCUT2D eigenvalue weighted by Gasteiger charge is 2.29. The molecule has 0 bridgehead atoms. The predicted octanol–water partition coefficient (Wildman–Crippen LogP) is 1.63. The van der Waals surface area contributed by atoms with Crippen molar-refractivity contribution in [2.75, 3.05) is 0 Å². The van der Waals surface area contributed by atoms with E-state index >= 15 is 0 Å². The summed E-state index contributed by atoms with van der Waals surface area (Å²) in [6.45, 7) is 1.76. The molecule has 1 aliphatic rings. The summed E-state index contributed by atoms with van der Waals surface area (Å²) in [5.74, 6) is -0.261. The lowest BCUT2D eigenvalue weighted by Gasteiger charge is -2.13. The van der Waals surface area contributed by atoms with Crippen molar-refractivity contribution in [2.24, 2.45) is 5.92 Å². The second-order valence-corrected chi connectivity index (χ2v) is 3.05. The van der Waals surface area contributed by atoms with Gasteiger partial charge in [-0.1, -0.05) is 6.92 Å². The van der Waals surface area contributed by atoms with E-state index in [1.54, 1.807) is 6.92 Å². The van der Waals surface area contributed by atoms with Crippen molar-refractivity contribution in [1.82, 2.24) is 0 Å². The predicted molar refractivity (Wildman–Crippen MR) is 43.1 cm³/mol. The Hall–Kier alpha value is -1.04. The molecule has 0 aromatic heterocycles. The number of hydrogen-bond acceptors (Lipinski definition) is 3. The highest BCUT2D eigenvalue weighted by Crippen LogP contribution is 2.27. The molecule has 1 saturated carbocycles. The van der Waals surface area contributed by atoms with Gasteiger partial charge in [-0.05, 0) is 19.3 Å². The van der Waals surface area contributed by atoms with Crippen LogP contribution in [-0.4, -0.2) is 12.1 Å². The van der Waals surface area contributed by atoms with E-state index in [9.17, 15) is 4.79 Å². The molecule has 1 aliphatic carbocycles. The fourth-order valence-electron chi connectivity index (χ4n) is 1.47. The first kappa shape index (κ1) is 9.05. The maximum Gasteiger partial charge on any atom is 0.305 e. The van der Waals surface area contributed by atoms with Crippen LogP contribution in [0.15, 0.2) is 0 Å². The third-order valence-corrected chi connectivity index (χ3v) is 2.19. The molecule has 0 saturated heterocycles. The van der Waals surface area contributed by atoms with Crippen molar-refractivity contribution < 1.29 is 9.53 Å². The summed E-state index contributed by atoms with van der Waals surface area (Å²) in [6, 6.07) is 2.17. The van der Waals surface area contributed by atoms with Crippen LogP contribution in [0.1, 0.15) is 32.6 Å². The molecule has 1 rings (SSSR count). The molecule has 1 fully saturated rings. The quantitative estimate of drug-likeness (QED) is 0.587. The zero-order chi connectivity index (χ0) is 8.97. The number of rotatable bonds is 2. The lowest BCUT2D eigenvalue weighted by atomic mass is 10.1. The number of esters is 1. The number of carbonyl (C=O) groups is 1. The molecule has 0 amide bonds. The fraction of sp³-hybridized carbons (Fsp3) is 0.778. The number of carbonyl (C=O) groups excluding carboxylic acids is 1. The number of nitriles is 1. The molecule has 2 atom stereocenters. The van der Waals surface area contributed by atoms with Gasteiger partial charge in [0, 0.05) is 6.42 Å². The van der Waals surface area contributed by atoms with Crippen LogP contribution < -0.4 is 0 Å². The molecule has 0 unspecified atom stereocenters. The molecule has 0 N–H and O–H groups in total. The Kier molecular flexibility index (Phi) is 3.09. The largest absolute Gasteiger partial charge is 0.461 e. The van der Waals surface area contributed by atoms with E-state index in [1.807, 2.05) is 0 Å². The summed E-state index contributed by atoms with van der Waals surface area (Å²) in [5, 5.41) is 8.68. The van der Waals surface area contributed by atoms with Gasteiger partial charge in [-0.2, -0.15) is 5.26 Å². The van der Waals surface area contributed by atoms with Crippen molar-refractivity contribution >= 4 is 5.97 Å². The first-order chi connectivity index (χ1) is 5.77. The maximum absolute atomic E-state index is 10.9. The van der Waals surface area contributed by atoms with Crippen LogP contribution in [0.5, 0.6) is 0 Å². The minimum absolute atomic E-state index is 0.0690. The Bertz CT molecular complexity index is 207. The highest BCUT2D eigenvalue weighted by molar-refractivity contribution is 5.69. The minimum atomic E-state index is -0.192. The van der Waals surface area contributed by atoms with Crippen molar-refractivity contribution in [3.8, 4) is 6.07 Å². The van der Waals surface area contributed by atoms with Gasteiger partial charge in [0.15, 0.2) is 0 Å². The monoisotopic (exact) mass is 167 g/mol. The molecule has 3 heteroatoms. The van der Waals surface area contributed by atoms with Gasteiger partial charge in [0.05, 0.1) is 12.0 Å². The summed E-state index contributed by atoms with van der Waals surface area (Å²) in [7, 11) is 0. The van der Waals surface area contributed by atoms with E-state index in [2.05, 4.69) is 6.07 Å². The fourth-order valence-corrected chi connectivity index (χ4v) is 1.47. The minimum Gasteiger partial charge on any atom is -0.461 e. The topological polar surface area (TPSA) is 50.1 Å². The molecular weight excluding hydrogens is 154 g/mol. The van der Waals surface area contributed by atoms with Crippen LogP contribution in [0, 0.1) is 17.2 Å². The molecule has 0 radical (unpaired) electrons. The summed E-state index contributed by atoms with van der Waals surface area (Å²) in [4.78, 5) is 10.9. The molecule has 0 aliphatic heterocycles. The second kappa shape index (κ2) is 4.10. The van der Waals surface area contributed by atoms with Crippen LogP contribution in [0.4, 0.5) is 0 Å². The lowest BCUT2D eigenvalue weighted by molar-refractivity contribution is -0.149. The molecule has 0 aromatic rings. The zero-order valence-corrected chi connectivity index (χ0v) is 7.25. The lowest BCUT2D eigenvalue weighted by Crippen LogP contribution is -2.20. The van der Waals surface area contributed by atoms with E-state index in [0.717, 1.165) is 19.3 Å². The van der Waals surface area contributed by atoms with Gasteiger partial charge < -0.3 is 4.74 Å². The van der Waals surface area contributed by atoms with E-state index in [1.165, 1.54) is 0 Å². The van der Waals surface area contributed by atoms with E-state index < -0.39 is 0 Å². The van der Waals surface area contributed by atoms with Gasteiger partial charge in [-0.15, -0.1) is 0 Å². The number of hydrogen-bond donors (Lipinski definition) is 0. The van der Waals surface area contributed by atoms with Crippen LogP contribution in [0.25, 0.3) is 0 Å². The Morgan fingerprint density at radius 2 is 2.42 bits per heavy atom. The summed E-state index contributed by atoms with van der Waals surface area (Å²) >= 11 is 0. The number of ether oxygens (including phenoxy) is 1. The van der Waals surface area contributed by atoms with Gasteiger partial charge >= 0.3 is 5.97 Å². The Morgan fingerprint density at radius 1 is 1.67 bits per heavy atom. The van der Waals surface area contributed by atoms with Crippen LogP contribution >= 0.6 is 0 Å². The molecule has 12 heavy (non-hydrogen) atoms. The first-order valence-electron chi connectivity index (χ1n) is 4.37. The molecule has 66 valence electrons. The van der Waals surface area contributed by atoms with Crippen LogP contribution in [0.3, 0.4) is 0 Å². The first-order valence-corrected chi connectivity index (χ1v) is 4.37. The molecule has 3 nitrogen and oxygen atoms in total. The standard InChI is InChI=1S/C9H13NO2/c1-2-9(11)12-8-5-3-4-7(8)6-10/h7-8H,2-5H2,1H3/t7-,8-/m0/s1. The highest BCUT2D eigenvalue weighted by atomic mass is 16.5. The van der Waals surface area contributed by atoms with Gasteiger partial charge in [0.1, 0.15) is 6.10 Å². The summed E-state index contributed by atoms with van der Waals surface area (Å²) in [5.41, 5.74) is 0. The molecular formula is C9H13NO2. The summed E-state index contributed by atoms with van der Waals surface area (Å²) < 4.78 is 5.10. The third-order valence-electron chi connectivity index (χ3n) is 2.19. The third kappa shape index (κ3) is 1.97. The average molecular weight is 167 g/mol. The van der Waals surface area contributed by atoms with Crippen LogP contribution in [-0.2, 0) is 9.53 Å². The van der Waals surface area contributed by atoms with Crippen molar-refractivity contribution in [2.45, 2.75) is 38.7 Å². The molecule has 0 spiro atoms. The van der Waals surface area contributed by atoms with Crippen LogP contribution in [0.2, 0.25) is 0 Å². The van der Waals surface area contributed by atoms with Crippen molar-refractivity contribution in [1.29, 1.82) is 5.26 Å². The van der Waals surface area contributed by atoms with Crippen molar-refractivity contribution in [3.05, 3.63) is 0 Å². The Labute approximate surface area is 72.3 Å². The second-order valence-electron chi connectivity index (χ2n) is 3.05. The van der Waals surface area contributed by atoms with E-state index in [4.69, 9.17) is 10.00 Å². The number of nitrogens with zero attached hydrogens (tertiary/aromatic N) is 1. The van der Waals surface area contributed by atoms with Gasteiger partial charge in [0.25, 0.3) is 0 Å². The van der Waals surface area contributed by atoms with Gasteiger partial charge in [0.2, 0.25) is 0 Å². The van der Waals surface area contributed by atoms with Gasteiger partial charge in [-0.25, -0.2) is 0 Å². The molecule has 0 heterocycles. The summed E-state index contributed by atoms with van der Waals surface area (Å²) in [6.07, 6.45) is 2.99. The normalized spacial score (nSPS) is 28.0. The average Bonchev–Trinajstić information content (AvgIpc) is 2.51.